The number of rotatable bonds is 6. The molecule has 3 aromatic rings. The molecule has 1 saturated heterocycles. The number of piperidine rings is 1. The molecule has 0 bridgehead atoms. The second kappa shape index (κ2) is 7.65. The van der Waals surface area contributed by atoms with Crippen molar-refractivity contribution in [3.05, 3.63) is 30.3 Å². The van der Waals surface area contributed by atoms with E-state index in [-0.39, 0.29) is 0 Å². The van der Waals surface area contributed by atoms with Crippen LogP contribution >= 0.6 is 0 Å². The van der Waals surface area contributed by atoms with Gasteiger partial charge in [-0.05, 0) is 38.1 Å². The Balaban J connectivity index is 1.50. The fraction of sp³-hybridized carbons (Fsp3) is 0.444. The summed E-state index contributed by atoms with van der Waals surface area (Å²) in [5.74, 6) is 1.63. The van der Waals surface area contributed by atoms with Crippen LogP contribution in [0.2, 0.25) is 0 Å². The van der Waals surface area contributed by atoms with Crippen molar-refractivity contribution in [3.63, 3.8) is 0 Å². The third-order valence-corrected chi connectivity index (χ3v) is 4.51. The average Bonchev–Trinajstić information content (AvgIpc) is 3.12. The molecule has 0 atom stereocenters. The molecular weight excluding hydrogens is 332 g/mol. The van der Waals surface area contributed by atoms with Crippen LogP contribution in [0.3, 0.4) is 0 Å². The lowest BCUT2D eigenvalue weighted by atomic mass is 10.1. The first kappa shape index (κ1) is 16.7. The fourth-order valence-corrected chi connectivity index (χ4v) is 3.12. The molecule has 8 heteroatoms. The fourth-order valence-electron chi connectivity index (χ4n) is 3.12. The van der Waals surface area contributed by atoms with Crippen LogP contribution in [-0.4, -0.2) is 63.0 Å². The molecule has 0 aromatic carbocycles. The van der Waals surface area contributed by atoms with E-state index in [4.69, 9.17) is 9.47 Å². The van der Waals surface area contributed by atoms with Crippen molar-refractivity contribution in [2.45, 2.75) is 19.3 Å². The van der Waals surface area contributed by atoms with Gasteiger partial charge in [-0.3, -0.25) is 4.90 Å². The van der Waals surface area contributed by atoms with Gasteiger partial charge in [0.15, 0.2) is 5.65 Å². The van der Waals surface area contributed by atoms with Gasteiger partial charge in [-0.15, -0.1) is 15.3 Å². The van der Waals surface area contributed by atoms with E-state index in [0.717, 1.165) is 19.6 Å². The number of likely N-dealkylation sites (tertiary alicyclic amines) is 1. The van der Waals surface area contributed by atoms with Gasteiger partial charge in [0, 0.05) is 18.7 Å². The zero-order chi connectivity index (χ0) is 17.8. The Labute approximate surface area is 151 Å². The molecule has 136 valence electrons. The Morgan fingerprint density at radius 2 is 1.88 bits per heavy atom. The summed E-state index contributed by atoms with van der Waals surface area (Å²) in [6, 6.07) is 9.17. The molecule has 1 aliphatic heterocycles. The molecule has 3 aromatic heterocycles. The first-order valence-electron chi connectivity index (χ1n) is 8.92. The summed E-state index contributed by atoms with van der Waals surface area (Å²) in [4.78, 5) is 6.84. The van der Waals surface area contributed by atoms with Crippen LogP contribution < -0.4 is 9.47 Å². The van der Waals surface area contributed by atoms with Crippen LogP contribution in [0.4, 0.5) is 0 Å². The number of hydrogen-bond acceptors (Lipinski definition) is 7. The highest BCUT2D eigenvalue weighted by Crippen LogP contribution is 2.19. The lowest BCUT2D eigenvalue weighted by Gasteiger charge is -2.25. The van der Waals surface area contributed by atoms with Crippen LogP contribution in [0.15, 0.2) is 30.3 Å². The van der Waals surface area contributed by atoms with Crippen molar-refractivity contribution in [2.75, 3.05) is 33.4 Å². The third kappa shape index (κ3) is 3.60. The number of aromatic nitrogens is 5. The van der Waals surface area contributed by atoms with E-state index in [1.54, 1.807) is 17.7 Å². The first-order valence-corrected chi connectivity index (χ1v) is 8.92. The van der Waals surface area contributed by atoms with Gasteiger partial charge in [-0.1, -0.05) is 12.5 Å². The van der Waals surface area contributed by atoms with E-state index in [9.17, 15) is 0 Å². The number of methoxy groups -OCH3 is 1. The normalized spacial score (nSPS) is 15.3. The van der Waals surface area contributed by atoms with Gasteiger partial charge in [-0.25, -0.2) is 4.98 Å². The summed E-state index contributed by atoms with van der Waals surface area (Å²) in [6.45, 7) is 3.86. The maximum Gasteiger partial charge on any atom is 0.231 e. The second-order valence-electron chi connectivity index (χ2n) is 6.28. The molecule has 0 amide bonds. The summed E-state index contributed by atoms with van der Waals surface area (Å²) >= 11 is 0. The van der Waals surface area contributed by atoms with Crippen molar-refractivity contribution in [1.82, 2.24) is 29.7 Å². The Morgan fingerprint density at radius 1 is 1.00 bits per heavy atom. The van der Waals surface area contributed by atoms with E-state index < -0.39 is 0 Å². The minimum atomic E-state index is 0.521. The minimum Gasteiger partial charge on any atom is -0.481 e. The summed E-state index contributed by atoms with van der Waals surface area (Å²) in [5.41, 5.74) is 1.29. The molecule has 8 nitrogen and oxygen atoms in total. The number of ether oxygens (including phenoxy) is 2. The van der Waals surface area contributed by atoms with Crippen LogP contribution in [0.5, 0.6) is 11.8 Å². The molecule has 4 rings (SSSR count). The van der Waals surface area contributed by atoms with Gasteiger partial charge in [0.25, 0.3) is 0 Å². The van der Waals surface area contributed by atoms with E-state index in [1.807, 2.05) is 24.3 Å². The number of nitrogens with zero attached hydrogens (tertiary/aromatic N) is 6. The van der Waals surface area contributed by atoms with E-state index in [2.05, 4.69) is 25.2 Å². The molecule has 0 spiro atoms. The molecule has 0 aliphatic carbocycles. The molecular formula is C18H22N6O2. The SMILES string of the molecule is COc1cccc(-c2nnc3ccc(OCCN4CCCCC4)nn23)n1. The van der Waals surface area contributed by atoms with Crippen LogP contribution in [-0.2, 0) is 0 Å². The van der Waals surface area contributed by atoms with Gasteiger partial charge in [0.05, 0.1) is 7.11 Å². The highest BCUT2D eigenvalue weighted by molar-refractivity contribution is 5.55. The lowest BCUT2D eigenvalue weighted by molar-refractivity contribution is 0.179. The quantitative estimate of drug-likeness (QED) is 0.670. The molecule has 1 aliphatic rings. The zero-order valence-electron chi connectivity index (χ0n) is 14.8. The van der Waals surface area contributed by atoms with Crippen LogP contribution in [0.25, 0.3) is 17.2 Å². The molecule has 26 heavy (non-hydrogen) atoms. The smallest absolute Gasteiger partial charge is 0.231 e. The van der Waals surface area contributed by atoms with Crippen molar-refractivity contribution in [1.29, 1.82) is 0 Å². The molecule has 1 fully saturated rings. The Hall–Kier alpha value is -2.74. The highest BCUT2D eigenvalue weighted by Gasteiger charge is 2.13. The van der Waals surface area contributed by atoms with E-state index in [1.165, 1.54) is 19.3 Å². The molecule has 4 heterocycles. The van der Waals surface area contributed by atoms with Gasteiger partial charge >= 0.3 is 0 Å². The average molecular weight is 354 g/mol. The van der Waals surface area contributed by atoms with Gasteiger partial charge in [0.2, 0.25) is 17.6 Å². The molecule has 0 saturated carbocycles. The van der Waals surface area contributed by atoms with Gasteiger partial charge < -0.3 is 9.47 Å². The molecule has 0 unspecified atom stereocenters. The minimum absolute atomic E-state index is 0.521. The first-order chi connectivity index (χ1) is 12.8. The van der Waals surface area contributed by atoms with Crippen molar-refractivity contribution in [3.8, 4) is 23.3 Å². The summed E-state index contributed by atoms with van der Waals surface area (Å²) in [7, 11) is 1.58. The van der Waals surface area contributed by atoms with Crippen LogP contribution in [0, 0.1) is 0 Å². The largest absolute Gasteiger partial charge is 0.481 e. The van der Waals surface area contributed by atoms with Gasteiger partial charge in [-0.2, -0.15) is 4.52 Å². The standard InChI is InChI=1S/C18H22N6O2/c1-25-16-7-5-6-14(19-16)18-21-20-15-8-9-17(22-24(15)18)26-13-12-23-10-3-2-4-11-23/h5-9H,2-4,10-13H2,1H3. The topological polar surface area (TPSA) is 77.7 Å². The predicted octanol–water partition coefficient (Wildman–Crippen LogP) is 2.06. The van der Waals surface area contributed by atoms with Crippen molar-refractivity contribution >= 4 is 5.65 Å². The van der Waals surface area contributed by atoms with E-state index >= 15 is 0 Å². The highest BCUT2D eigenvalue weighted by atomic mass is 16.5. The summed E-state index contributed by atoms with van der Waals surface area (Å²) in [5, 5.41) is 12.9. The predicted molar refractivity (Wildman–Crippen MR) is 96.4 cm³/mol. The number of pyridine rings is 1. The van der Waals surface area contributed by atoms with Gasteiger partial charge in [0.1, 0.15) is 12.3 Å². The third-order valence-electron chi connectivity index (χ3n) is 4.51. The Morgan fingerprint density at radius 3 is 2.73 bits per heavy atom. The van der Waals surface area contributed by atoms with Crippen molar-refractivity contribution < 1.29 is 9.47 Å². The second-order valence-corrected chi connectivity index (χ2v) is 6.28. The summed E-state index contributed by atoms with van der Waals surface area (Å²) in [6.07, 6.45) is 3.90. The summed E-state index contributed by atoms with van der Waals surface area (Å²) < 4.78 is 12.7. The molecule has 0 N–H and O–H groups in total. The molecule has 0 radical (unpaired) electrons. The maximum absolute atomic E-state index is 5.85. The van der Waals surface area contributed by atoms with E-state index in [0.29, 0.717) is 35.5 Å². The zero-order valence-corrected chi connectivity index (χ0v) is 14.8. The Kier molecular flexibility index (Phi) is 4.92. The van der Waals surface area contributed by atoms with Crippen LogP contribution in [0.1, 0.15) is 19.3 Å². The monoisotopic (exact) mass is 354 g/mol. The number of hydrogen-bond donors (Lipinski definition) is 0. The lowest BCUT2D eigenvalue weighted by Crippen LogP contribution is -2.33. The Bertz CT molecular complexity index is 875. The van der Waals surface area contributed by atoms with Crippen molar-refractivity contribution in [2.24, 2.45) is 0 Å². The number of fused-ring (bicyclic) bond motifs is 1. The maximum atomic E-state index is 5.85.